The van der Waals surface area contributed by atoms with E-state index < -0.39 is 15.9 Å². The number of aryl methyl sites for hydroxylation is 2. The molecule has 0 saturated carbocycles. The molecule has 3 aliphatic rings. The maximum Gasteiger partial charge on any atom is 0.354 e. The first-order valence-electron chi connectivity index (χ1n) is 8.82. The predicted molar refractivity (Wildman–Crippen MR) is 96.7 cm³/mol. The number of carbonyl (C=O) groups is 1. The molecule has 1 saturated heterocycles. The van der Waals surface area contributed by atoms with Crippen LogP contribution in [0.4, 0.5) is 10.5 Å². The van der Waals surface area contributed by atoms with Crippen molar-refractivity contribution in [2.75, 3.05) is 17.6 Å². The number of benzene rings is 1. The van der Waals surface area contributed by atoms with Gasteiger partial charge in [-0.25, -0.2) is 13.7 Å². The smallest absolute Gasteiger partial charge is 0.305 e. The van der Waals surface area contributed by atoms with Gasteiger partial charge in [0.2, 0.25) is 0 Å². The third-order valence-corrected chi connectivity index (χ3v) is 7.53. The summed E-state index contributed by atoms with van der Waals surface area (Å²) < 4.78 is 19.7. The van der Waals surface area contributed by atoms with Gasteiger partial charge in [0, 0.05) is 12.2 Å². The number of hydrogen-bond donors (Lipinski definition) is 2. The molecule has 0 radical (unpaired) electrons. The minimum absolute atomic E-state index is 0.0872. The van der Waals surface area contributed by atoms with Crippen LogP contribution in [0.25, 0.3) is 0 Å². The van der Waals surface area contributed by atoms with Crippen LogP contribution < -0.4 is 10.0 Å². The molecule has 1 atom stereocenters. The van der Waals surface area contributed by atoms with Crippen LogP contribution in [0, 0.1) is 5.41 Å². The van der Waals surface area contributed by atoms with Crippen LogP contribution in [0.1, 0.15) is 48.9 Å². The van der Waals surface area contributed by atoms with E-state index in [0.29, 0.717) is 12.3 Å². The summed E-state index contributed by atoms with van der Waals surface area (Å²) in [5.41, 5.74) is 6.16. The third-order valence-electron chi connectivity index (χ3n) is 5.30. The maximum absolute atomic E-state index is 12.7. The van der Waals surface area contributed by atoms with Crippen molar-refractivity contribution in [3.05, 3.63) is 28.3 Å². The summed E-state index contributed by atoms with van der Waals surface area (Å²) in [6, 6.07) is 1.86. The minimum atomic E-state index is -2.65. The zero-order valence-electron chi connectivity index (χ0n) is 14.4. The lowest BCUT2D eigenvalue weighted by Crippen LogP contribution is -2.20. The molecular formula is C18H25N3O2S. The number of urea groups is 1. The second-order valence-electron chi connectivity index (χ2n) is 8.03. The van der Waals surface area contributed by atoms with Crippen molar-refractivity contribution < 1.29 is 9.00 Å². The zero-order valence-corrected chi connectivity index (χ0v) is 15.2. The fraction of sp³-hybridized carbons (Fsp3) is 0.611. The molecule has 130 valence electrons. The molecule has 1 aromatic rings. The van der Waals surface area contributed by atoms with Crippen LogP contribution in [-0.4, -0.2) is 22.5 Å². The average molecular weight is 347 g/mol. The van der Waals surface area contributed by atoms with Crippen molar-refractivity contribution in [2.24, 2.45) is 9.78 Å². The molecule has 2 N–H and O–H groups in total. The van der Waals surface area contributed by atoms with E-state index in [9.17, 15) is 9.00 Å². The lowest BCUT2D eigenvalue weighted by Gasteiger charge is -2.15. The van der Waals surface area contributed by atoms with E-state index >= 15 is 0 Å². The standard InChI is InChI=1S/C18H25N3O2S/c1-18(2)10-19-24(23,11-18)21-17(22)20-16-14-7-3-5-12(14)9-13-6-4-8-15(13)16/h9H,3-8,10-11H2,1-2H3,(H2,19,20,21,22,23). The van der Waals surface area contributed by atoms with Crippen LogP contribution >= 0.6 is 0 Å². The fourth-order valence-electron chi connectivity index (χ4n) is 4.24. The highest BCUT2D eigenvalue weighted by Gasteiger charge is 2.33. The van der Waals surface area contributed by atoms with Gasteiger partial charge in [-0.3, -0.25) is 0 Å². The summed E-state index contributed by atoms with van der Waals surface area (Å²) in [6.45, 7) is 4.70. The Bertz CT molecular complexity index is 803. The molecule has 1 aromatic carbocycles. The molecule has 5 nitrogen and oxygen atoms in total. The van der Waals surface area contributed by atoms with Gasteiger partial charge in [0.1, 0.15) is 9.92 Å². The number of nitrogens with one attached hydrogen (secondary N) is 2. The Hall–Kier alpha value is -1.40. The van der Waals surface area contributed by atoms with E-state index in [2.05, 4.69) is 20.5 Å². The van der Waals surface area contributed by atoms with Crippen molar-refractivity contribution in [1.29, 1.82) is 0 Å². The summed E-state index contributed by atoms with van der Waals surface area (Å²) >= 11 is 0. The Morgan fingerprint density at radius 3 is 2.33 bits per heavy atom. The summed E-state index contributed by atoms with van der Waals surface area (Å²) in [4.78, 5) is 12.5. The second kappa shape index (κ2) is 5.56. The number of hydrogen-bond acceptors (Lipinski definition) is 2. The fourth-order valence-corrected chi connectivity index (χ4v) is 6.56. The van der Waals surface area contributed by atoms with Gasteiger partial charge in [-0.15, -0.1) is 4.36 Å². The Labute approximate surface area is 143 Å². The minimum Gasteiger partial charge on any atom is -0.305 e. The normalized spacial score (nSPS) is 26.9. The van der Waals surface area contributed by atoms with Crippen molar-refractivity contribution in [2.45, 2.75) is 52.4 Å². The molecule has 2 aliphatic carbocycles. The highest BCUT2D eigenvalue weighted by atomic mass is 32.2. The number of amides is 2. The maximum atomic E-state index is 12.7. The van der Waals surface area contributed by atoms with Gasteiger partial charge in [-0.05, 0) is 66.2 Å². The molecule has 24 heavy (non-hydrogen) atoms. The average Bonchev–Trinajstić information content (AvgIpc) is 3.17. The van der Waals surface area contributed by atoms with Crippen molar-refractivity contribution in [1.82, 2.24) is 4.72 Å². The first-order valence-corrected chi connectivity index (χ1v) is 10.5. The Balaban J connectivity index is 1.65. The SMILES string of the molecule is CC1(C)CNS(=O)(=NC(=O)Nc2c3c(cc4c2CCC4)CCC3)C1. The highest BCUT2D eigenvalue weighted by Crippen LogP contribution is 2.38. The quantitative estimate of drug-likeness (QED) is 0.819. The first-order chi connectivity index (χ1) is 11.4. The molecule has 0 spiro atoms. The van der Waals surface area contributed by atoms with Gasteiger partial charge in [0.05, 0.1) is 5.75 Å². The number of carbonyl (C=O) groups excluding carboxylic acids is 1. The van der Waals surface area contributed by atoms with Crippen LogP contribution in [0.3, 0.4) is 0 Å². The number of rotatable bonds is 1. The lowest BCUT2D eigenvalue weighted by atomic mass is 9.98. The Kier molecular flexibility index (Phi) is 3.73. The molecule has 2 amide bonds. The van der Waals surface area contributed by atoms with Crippen molar-refractivity contribution in [3.63, 3.8) is 0 Å². The van der Waals surface area contributed by atoms with Gasteiger partial charge >= 0.3 is 6.03 Å². The molecule has 6 heteroatoms. The van der Waals surface area contributed by atoms with Crippen LogP contribution in [0.15, 0.2) is 10.4 Å². The van der Waals surface area contributed by atoms with Crippen LogP contribution in [-0.2, 0) is 35.6 Å². The van der Waals surface area contributed by atoms with Gasteiger partial charge in [0.15, 0.2) is 0 Å². The van der Waals surface area contributed by atoms with E-state index in [4.69, 9.17) is 0 Å². The van der Waals surface area contributed by atoms with Gasteiger partial charge in [-0.2, -0.15) is 0 Å². The lowest BCUT2D eigenvalue weighted by molar-refractivity contribution is 0.260. The Morgan fingerprint density at radius 2 is 1.79 bits per heavy atom. The van der Waals surface area contributed by atoms with E-state index in [0.717, 1.165) is 44.2 Å². The second-order valence-corrected chi connectivity index (χ2v) is 10.1. The predicted octanol–water partition coefficient (Wildman–Crippen LogP) is 3.21. The van der Waals surface area contributed by atoms with Crippen molar-refractivity contribution >= 4 is 21.6 Å². The molecule has 4 rings (SSSR count). The van der Waals surface area contributed by atoms with E-state index in [1.54, 1.807) is 0 Å². The number of fused-ring (bicyclic) bond motifs is 2. The largest absolute Gasteiger partial charge is 0.354 e. The van der Waals surface area contributed by atoms with Gasteiger partial charge < -0.3 is 5.32 Å². The van der Waals surface area contributed by atoms with E-state index in [1.165, 1.54) is 22.3 Å². The van der Waals surface area contributed by atoms with Gasteiger partial charge in [0.25, 0.3) is 0 Å². The Morgan fingerprint density at radius 1 is 1.17 bits per heavy atom. The summed E-state index contributed by atoms with van der Waals surface area (Å²) in [5, 5.41) is 3.00. The zero-order chi connectivity index (χ0) is 16.9. The molecule has 1 aliphatic heterocycles. The monoisotopic (exact) mass is 347 g/mol. The molecular weight excluding hydrogens is 322 g/mol. The molecule has 0 bridgehead atoms. The summed E-state index contributed by atoms with van der Waals surface area (Å²) in [7, 11) is -2.65. The summed E-state index contributed by atoms with van der Waals surface area (Å²) in [5.74, 6) is 0.415. The molecule has 1 heterocycles. The van der Waals surface area contributed by atoms with E-state index in [-0.39, 0.29) is 5.41 Å². The van der Waals surface area contributed by atoms with Crippen LogP contribution in [0.2, 0.25) is 0 Å². The van der Waals surface area contributed by atoms with Gasteiger partial charge in [-0.1, -0.05) is 19.9 Å². The van der Waals surface area contributed by atoms with Crippen LogP contribution in [0.5, 0.6) is 0 Å². The number of nitrogens with zero attached hydrogens (tertiary/aromatic N) is 1. The highest BCUT2D eigenvalue weighted by molar-refractivity contribution is 7.92. The third kappa shape index (κ3) is 2.86. The van der Waals surface area contributed by atoms with E-state index in [1.807, 2.05) is 13.8 Å². The molecule has 1 fully saturated rings. The first kappa shape index (κ1) is 16.1. The molecule has 0 aromatic heterocycles. The summed E-state index contributed by atoms with van der Waals surface area (Å²) in [6.07, 6.45) is 6.50. The number of anilines is 1. The topological polar surface area (TPSA) is 70.6 Å². The molecule has 1 unspecified atom stereocenters. The van der Waals surface area contributed by atoms with Crippen molar-refractivity contribution in [3.8, 4) is 0 Å².